The Bertz CT molecular complexity index is 644. The number of aryl methyl sites for hydroxylation is 1. The number of morpholine rings is 1. The second-order valence-corrected chi connectivity index (χ2v) is 8.13. The third-order valence-electron chi connectivity index (χ3n) is 6.34. The maximum atomic E-state index is 12.4. The zero-order valence-corrected chi connectivity index (χ0v) is 17.2. The summed E-state index contributed by atoms with van der Waals surface area (Å²) in [5.41, 5.74) is 1.98. The number of hydrogen-bond acceptors (Lipinski definition) is 4. The summed E-state index contributed by atoms with van der Waals surface area (Å²) in [5.74, 6) is 0.0232. The molecule has 0 radical (unpaired) electrons. The first-order valence-electron chi connectivity index (χ1n) is 10.8. The van der Waals surface area contributed by atoms with Crippen LogP contribution >= 0.6 is 0 Å². The molecule has 0 unspecified atom stereocenters. The van der Waals surface area contributed by atoms with Gasteiger partial charge in [-0.25, -0.2) is 0 Å². The van der Waals surface area contributed by atoms with Crippen LogP contribution in [0.4, 0.5) is 0 Å². The van der Waals surface area contributed by atoms with Gasteiger partial charge in [-0.2, -0.15) is 0 Å². The zero-order chi connectivity index (χ0) is 19.8. The molecular weight excluding hydrogens is 352 g/mol. The average Bonchev–Trinajstić information content (AvgIpc) is 2.77. The van der Waals surface area contributed by atoms with Crippen LogP contribution in [0, 0.1) is 0 Å². The summed E-state index contributed by atoms with van der Waals surface area (Å²) < 4.78 is 5.52. The van der Waals surface area contributed by atoms with E-state index in [1.165, 1.54) is 24.8 Å². The average molecular weight is 387 g/mol. The molecule has 2 fully saturated rings. The van der Waals surface area contributed by atoms with Crippen LogP contribution in [0.1, 0.15) is 67.8 Å². The van der Waals surface area contributed by atoms with Crippen molar-refractivity contribution in [3.63, 3.8) is 0 Å². The van der Waals surface area contributed by atoms with E-state index in [0.29, 0.717) is 12.1 Å². The Morgan fingerprint density at radius 2 is 1.71 bits per heavy atom. The highest BCUT2D eigenvalue weighted by molar-refractivity contribution is 5.97. The molecule has 1 N–H and O–H groups in total. The SMILES string of the molecule is CCc1ccc(C(=O)CCC(=O)NCC2(N3CCOCC3)CCCCC2)cc1. The Kier molecular flexibility index (Phi) is 7.63. The summed E-state index contributed by atoms with van der Waals surface area (Å²) in [7, 11) is 0. The van der Waals surface area contributed by atoms with Gasteiger partial charge in [-0.15, -0.1) is 0 Å². The Morgan fingerprint density at radius 3 is 2.36 bits per heavy atom. The van der Waals surface area contributed by atoms with Gasteiger partial charge in [-0.1, -0.05) is 50.5 Å². The number of benzene rings is 1. The minimum atomic E-state index is -0.0169. The van der Waals surface area contributed by atoms with Gasteiger partial charge in [0.2, 0.25) is 5.91 Å². The van der Waals surface area contributed by atoms with Gasteiger partial charge in [0, 0.05) is 43.6 Å². The lowest BCUT2D eigenvalue weighted by Crippen LogP contribution is -2.59. The molecule has 1 aliphatic heterocycles. The Labute approximate surface area is 168 Å². The third kappa shape index (κ3) is 5.42. The molecule has 5 nitrogen and oxygen atoms in total. The van der Waals surface area contributed by atoms with E-state index in [4.69, 9.17) is 4.74 Å². The number of nitrogens with one attached hydrogen (secondary N) is 1. The normalized spacial score (nSPS) is 19.9. The van der Waals surface area contributed by atoms with Crippen molar-refractivity contribution in [1.82, 2.24) is 10.2 Å². The van der Waals surface area contributed by atoms with Gasteiger partial charge in [0.05, 0.1) is 13.2 Å². The van der Waals surface area contributed by atoms with Crippen molar-refractivity contribution in [3.05, 3.63) is 35.4 Å². The van der Waals surface area contributed by atoms with E-state index < -0.39 is 0 Å². The van der Waals surface area contributed by atoms with Crippen molar-refractivity contribution in [3.8, 4) is 0 Å². The van der Waals surface area contributed by atoms with E-state index in [1.807, 2.05) is 24.3 Å². The Hall–Kier alpha value is -1.72. The molecule has 5 heteroatoms. The maximum absolute atomic E-state index is 12.4. The second-order valence-electron chi connectivity index (χ2n) is 8.13. The number of nitrogens with zero attached hydrogens (tertiary/aromatic N) is 1. The summed E-state index contributed by atoms with van der Waals surface area (Å²) in [6.45, 7) is 6.23. The lowest BCUT2D eigenvalue weighted by atomic mass is 9.79. The Morgan fingerprint density at radius 1 is 1.04 bits per heavy atom. The summed E-state index contributed by atoms with van der Waals surface area (Å²) in [4.78, 5) is 27.3. The van der Waals surface area contributed by atoms with E-state index in [2.05, 4.69) is 17.1 Å². The van der Waals surface area contributed by atoms with Crippen LogP contribution in [-0.2, 0) is 16.0 Å². The van der Waals surface area contributed by atoms with Crippen LogP contribution in [0.2, 0.25) is 0 Å². The smallest absolute Gasteiger partial charge is 0.220 e. The largest absolute Gasteiger partial charge is 0.379 e. The highest BCUT2D eigenvalue weighted by Gasteiger charge is 2.38. The molecular formula is C23H34N2O3. The van der Waals surface area contributed by atoms with E-state index >= 15 is 0 Å². The number of carbonyl (C=O) groups excluding carboxylic acids is 2. The molecule has 154 valence electrons. The number of Topliss-reactive ketones (excluding diaryl/α,β-unsaturated/α-hetero) is 1. The van der Waals surface area contributed by atoms with E-state index in [-0.39, 0.29) is 30.1 Å². The fourth-order valence-electron chi connectivity index (χ4n) is 4.50. The van der Waals surface area contributed by atoms with Crippen molar-refractivity contribution < 1.29 is 14.3 Å². The first kappa shape index (κ1) is 21.0. The van der Waals surface area contributed by atoms with Gasteiger partial charge in [0.15, 0.2) is 5.78 Å². The Balaban J connectivity index is 1.49. The molecule has 2 aliphatic rings. The number of hydrogen-bond donors (Lipinski definition) is 1. The monoisotopic (exact) mass is 386 g/mol. The molecule has 0 bridgehead atoms. The van der Waals surface area contributed by atoms with Crippen molar-refractivity contribution in [1.29, 1.82) is 0 Å². The summed E-state index contributed by atoms with van der Waals surface area (Å²) in [6.07, 6.45) is 7.48. The van der Waals surface area contributed by atoms with Gasteiger partial charge < -0.3 is 10.1 Å². The molecule has 28 heavy (non-hydrogen) atoms. The van der Waals surface area contributed by atoms with Gasteiger partial charge in [-0.05, 0) is 24.8 Å². The number of ketones is 1. The number of carbonyl (C=O) groups is 2. The molecule has 1 saturated carbocycles. The first-order valence-corrected chi connectivity index (χ1v) is 10.8. The predicted octanol–water partition coefficient (Wildman–Crippen LogP) is 3.36. The molecule has 1 saturated heterocycles. The first-order chi connectivity index (χ1) is 13.6. The summed E-state index contributed by atoms with van der Waals surface area (Å²) in [5, 5.41) is 3.14. The van der Waals surface area contributed by atoms with Crippen LogP contribution in [0.25, 0.3) is 0 Å². The quantitative estimate of drug-likeness (QED) is 0.696. The van der Waals surface area contributed by atoms with Gasteiger partial charge in [0.1, 0.15) is 0 Å². The molecule has 1 aliphatic carbocycles. The second kappa shape index (κ2) is 10.2. The third-order valence-corrected chi connectivity index (χ3v) is 6.34. The molecule has 3 rings (SSSR count). The summed E-state index contributed by atoms with van der Waals surface area (Å²) >= 11 is 0. The van der Waals surface area contributed by atoms with Crippen LogP contribution in [0.3, 0.4) is 0 Å². The van der Waals surface area contributed by atoms with Gasteiger partial charge in [-0.3, -0.25) is 14.5 Å². The number of amides is 1. The topological polar surface area (TPSA) is 58.6 Å². The zero-order valence-electron chi connectivity index (χ0n) is 17.2. The van der Waals surface area contributed by atoms with Gasteiger partial charge in [0.25, 0.3) is 0 Å². The minimum Gasteiger partial charge on any atom is -0.379 e. The van der Waals surface area contributed by atoms with Crippen molar-refractivity contribution in [2.24, 2.45) is 0 Å². The highest BCUT2D eigenvalue weighted by atomic mass is 16.5. The molecule has 1 amide bonds. The predicted molar refractivity (Wildman–Crippen MR) is 111 cm³/mol. The number of rotatable bonds is 8. The molecule has 0 spiro atoms. The molecule has 1 heterocycles. The molecule has 0 atom stereocenters. The number of ether oxygens (including phenoxy) is 1. The lowest BCUT2D eigenvalue weighted by Gasteiger charge is -2.48. The highest BCUT2D eigenvalue weighted by Crippen LogP contribution is 2.33. The van der Waals surface area contributed by atoms with Crippen LogP contribution in [0.15, 0.2) is 24.3 Å². The molecule has 1 aromatic carbocycles. The van der Waals surface area contributed by atoms with E-state index in [0.717, 1.165) is 45.6 Å². The minimum absolute atomic E-state index is 0.0169. The van der Waals surface area contributed by atoms with Crippen LogP contribution < -0.4 is 5.32 Å². The maximum Gasteiger partial charge on any atom is 0.220 e. The summed E-state index contributed by atoms with van der Waals surface area (Å²) in [6, 6.07) is 7.72. The molecule has 0 aromatic heterocycles. The fraction of sp³-hybridized carbons (Fsp3) is 0.652. The van der Waals surface area contributed by atoms with Gasteiger partial charge >= 0.3 is 0 Å². The molecule has 1 aromatic rings. The van der Waals surface area contributed by atoms with Crippen LogP contribution in [-0.4, -0.2) is 55.0 Å². The van der Waals surface area contributed by atoms with E-state index in [9.17, 15) is 9.59 Å². The van der Waals surface area contributed by atoms with E-state index in [1.54, 1.807) is 0 Å². The van der Waals surface area contributed by atoms with Crippen molar-refractivity contribution >= 4 is 11.7 Å². The lowest BCUT2D eigenvalue weighted by molar-refractivity contribution is -0.122. The van der Waals surface area contributed by atoms with Crippen LogP contribution in [0.5, 0.6) is 0 Å². The van der Waals surface area contributed by atoms with Crippen molar-refractivity contribution in [2.45, 2.75) is 63.8 Å². The standard InChI is InChI=1S/C23H34N2O3/c1-2-19-6-8-20(9-7-19)21(26)10-11-22(27)24-18-23(12-4-3-5-13-23)25-14-16-28-17-15-25/h6-9H,2-5,10-18H2,1H3,(H,24,27). The van der Waals surface area contributed by atoms with Crippen molar-refractivity contribution in [2.75, 3.05) is 32.8 Å². The fourth-order valence-corrected chi connectivity index (χ4v) is 4.50.